The molecule has 17 heavy (non-hydrogen) atoms. The molecule has 0 unspecified atom stereocenters. The molecular formula is C13H15NO3. The Kier molecular flexibility index (Phi) is 3.15. The molecule has 4 nitrogen and oxygen atoms in total. The lowest BCUT2D eigenvalue weighted by molar-refractivity contribution is 0.0699. The molecule has 0 saturated carbocycles. The maximum absolute atomic E-state index is 11.2. The van der Waals surface area contributed by atoms with E-state index < -0.39 is 5.97 Å². The van der Waals surface area contributed by atoms with Crippen LogP contribution in [0.15, 0.2) is 24.4 Å². The van der Waals surface area contributed by atoms with Gasteiger partial charge in [0.2, 0.25) is 0 Å². The van der Waals surface area contributed by atoms with Gasteiger partial charge in [0.1, 0.15) is 0 Å². The number of aryl methyl sites for hydroxylation is 2. The van der Waals surface area contributed by atoms with Crippen LogP contribution in [0.3, 0.4) is 0 Å². The van der Waals surface area contributed by atoms with E-state index in [-0.39, 0.29) is 6.61 Å². The molecule has 2 N–H and O–H groups in total. The molecule has 4 heteroatoms. The van der Waals surface area contributed by atoms with Crippen LogP contribution in [0.25, 0.3) is 10.9 Å². The van der Waals surface area contributed by atoms with Gasteiger partial charge in [-0.1, -0.05) is 11.6 Å². The van der Waals surface area contributed by atoms with Crippen molar-refractivity contribution in [3.05, 3.63) is 35.5 Å². The van der Waals surface area contributed by atoms with Gasteiger partial charge < -0.3 is 14.8 Å². The minimum atomic E-state index is -0.914. The molecule has 0 saturated heterocycles. The quantitative estimate of drug-likeness (QED) is 0.849. The normalized spacial score (nSPS) is 10.9. The average molecular weight is 233 g/mol. The number of rotatable bonds is 4. The summed E-state index contributed by atoms with van der Waals surface area (Å²) >= 11 is 0. The van der Waals surface area contributed by atoms with Crippen molar-refractivity contribution < 1.29 is 15.0 Å². The summed E-state index contributed by atoms with van der Waals surface area (Å²) in [7, 11) is 0. The highest BCUT2D eigenvalue weighted by atomic mass is 16.4. The Bertz CT molecular complexity index is 557. The first-order chi connectivity index (χ1) is 8.13. The van der Waals surface area contributed by atoms with E-state index in [0.717, 1.165) is 16.5 Å². The van der Waals surface area contributed by atoms with E-state index in [1.54, 1.807) is 6.20 Å². The number of aromatic nitrogens is 1. The van der Waals surface area contributed by atoms with Gasteiger partial charge in [0.25, 0.3) is 0 Å². The predicted molar refractivity (Wildman–Crippen MR) is 65.3 cm³/mol. The number of benzene rings is 1. The van der Waals surface area contributed by atoms with Gasteiger partial charge in [0, 0.05) is 30.3 Å². The molecule has 0 aliphatic heterocycles. The maximum Gasteiger partial charge on any atom is 0.337 e. The van der Waals surface area contributed by atoms with Crippen molar-refractivity contribution in [1.29, 1.82) is 0 Å². The fraction of sp³-hybridized carbons (Fsp3) is 0.308. The Morgan fingerprint density at radius 2 is 2.18 bits per heavy atom. The minimum Gasteiger partial charge on any atom is -0.478 e. The molecular weight excluding hydrogens is 218 g/mol. The molecule has 2 aromatic rings. The topological polar surface area (TPSA) is 62.5 Å². The van der Waals surface area contributed by atoms with E-state index in [4.69, 9.17) is 10.2 Å². The van der Waals surface area contributed by atoms with Crippen molar-refractivity contribution >= 4 is 16.9 Å². The predicted octanol–water partition coefficient (Wildman–Crippen LogP) is 2.03. The summed E-state index contributed by atoms with van der Waals surface area (Å²) in [5.41, 5.74) is 2.27. The largest absolute Gasteiger partial charge is 0.478 e. The Hall–Kier alpha value is -1.81. The molecule has 0 aliphatic rings. The highest BCUT2D eigenvalue weighted by molar-refractivity contribution is 6.03. The minimum absolute atomic E-state index is 0.105. The van der Waals surface area contributed by atoms with Crippen LogP contribution in [-0.2, 0) is 6.54 Å². The van der Waals surface area contributed by atoms with Crippen molar-refractivity contribution in [2.45, 2.75) is 19.9 Å². The van der Waals surface area contributed by atoms with Gasteiger partial charge in [0.15, 0.2) is 0 Å². The van der Waals surface area contributed by atoms with Crippen LogP contribution in [0.2, 0.25) is 0 Å². The Balaban J connectivity index is 2.58. The van der Waals surface area contributed by atoms with Gasteiger partial charge in [-0.3, -0.25) is 0 Å². The lowest BCUT2D eigenvalue weighted by Gasteiger charge is -2.03. The maximum atomic E-state index is 11.2. The average Bonchev–Trinajstić information content (AvgIpc) is 2.64. The number of carbonyl (C=O) groups is 1. The summed E-state index contributed by atoms with van der Waals surface area (Å²) < 4.78 is 1.88. The summed E-state index contributed by atoms with van der Waals surface area (Å²) in [6, 6.07) is 5.77. The highest BCUT2D eigenvalue weighted by Crippen LogP contribution is 2.23. The van der Waals surface area contributed by atoms with Crippen molar-refractivity contribution in [3.63, 3.8) is 0 Å². The summed E-state index contributed by atoms with van der Waals surface area (Å²) in [5, 5.41) is 18.7. The summed E-state index contributed by atoms with van der Waals surface area (Å²) in [6.45, 7) is 2.67. The van der Waals surface area contributed by atoms with Gasteiger partial charge in [-0.25, -0.2) is 4.79 Å². The SMILES string of the molecule is Cc1ccc2c(c1)c(C(=O)O)cn2CCCO. The second-order valence-electron chi connectivity index (χ2n) is 4.14. The number of hydrogen-bond donors (Lipinski definition) is 2. The van der Waals surface area contributed by atoms with Gasteiger partial charge >= 0.3 is 5.97 Å². The number of nitrogens with zero attached hydrogens (tertiary/aromatic N) is 1. The van der Waals surface area contributed by atoms with E-state index >= 15 is 0 Å². The third-order valence-electron chi connectivity index (χ3n) is 2.82. The van der Waals surface area contributed by atoms with Crippen molar-refractivity contribution in [2.75, 3.05) is 6.61 Å². The molecule has 0 atom stereocenters. The summed E-state index contributed by atoms with van der Waals surface area (Å²) in [5.74, 6) is -0.914. The molecule has 0 radical (unpaired) electrons. The van der Waals surface area contributed by atoms with E-state index in [2.05, 4.69) is 0 Å². The Morgan fingerprint density at radius 3 is 2.82 bits per heavy atom. The number of fused-ring (bicyclic) bond motifs is 1. The first-order valence-electron chi connectivity index (χ1n) is 5.57. The standard InChI is InChI=1S/C13H15NO3/c1-9-3-4-12-10(7-9)11(13(16)17)8-14(12)5-2-6-15/h3-4,7-8,15H,2,5-6H2,1H3,(H,16,17). The fourth-order valence-corrected chi connectivity index (χ4v) is 2.01. The zero-order chi connectivity index (χ0) is 12.4. The van der Waals surface area contributed by atoms with Crippen LogP contribution < -0.4 is 0 Å². The van der Waals surface area contributed by atoms with Crippen molar-refractivity contribution in [2.24, 2.45) is 0 Å². The number of carboxylic acids is 1. The van der Waals surface area contributed by atoms with E-state index in [1.165, 1.54) is 0 Å². The van der Waals surface area contributed by atoms with Crippen molar-refractivity contribution in [1.82, 2.24) is 4.57 Å². The molecule has 1 aromatic heterocycles. The lowest BCUT2D eigenvalue weighted by Crippen LogP contribution is -1.99. The van der Waals surface area contributed by atoms with Gasteiger partial charge in [-0.05, 0) is 25.5 Å². The molecule has 0 aliphatic carbocycles. The molecule has 0 amide bonds. The van der Waals surface area contributed by atoms with Gasteiger partial charge in [-0.2, -0.15) is 0 Å². The van der Waals surface area contributed by atoms with Gasteiger partial charge in [-0.15, -0.1) is 0 Å². The summed E-state index contributed by atoms with van der Waals surface area (Å²) in [6.07, 6.45) is 2.26. The van der Waals surface area contributed by atoms with Gasteiger partial charge in [0.05, 0.1) is 5.56 Å². The number of hydrogen-bond acceptors (Lipinski definition) is 2. The number of aromatic carboxylic acids is 1. The van der Waals surface area contributed by atoms with Crippen LogP contribution in [0.4, 0.5) is 0 Å². The lowest BCUT2D eigenvalue weighted by atomic mass is 10.1. The zero-order valence-electron chi connectivity index (χ0n) is 9.68. The van der Waals surface area contributed by atoms with E-state index in [9.17, 15) is 4.79 Å². The second kappa shape index (κ2) is 4.59. The van der Waals surface area contributed by atoms with E-state index in [0.29, 0.717) is 18.5 Å². The van der Waals surface area contributed by atoms with Crippen LogP contribution in [0, 0.1) is 6.92 Å². The molecule has 1 heterocycles. The third-order valence-corrected chi connectivity index (χ3v) is 2.82. The fourth-order valence-electron chi connectivity index (χ4n) is 2.01. The number of carboxylic acid groups (broad SMARTS) is 1. The summed E-state index contributed by atoms with van der Waals surface area (Å²) in [4.78, 5) is 11.2. The molecule has 1 aromatic carbocycles. The van der Waals surface area contributed by atoms with Crippen LogP contribution >= 0.6 is 0 Å². The number of aliphatic hydroxyl groups excluding tert-OH is 1. The Labute approximate surface area is 99.1 Å². The van der Waals surface area contributed by atoms with Crippen LogP contribution in [0.1, 0.15) is 22.3 Å². The monoisotopic (exact) mass is 233 g/mol. The first kappa shape index (κ1) is 11.7. The second-order valence-corrected chi connectivity index (χ2v) is 4.14. The zero-order valence-corrected chi connectivity index (χ0v) is 9.68. The molecule has 0 spiro atoms. The Morgan fingerprint density at radius 1 is 1.41 bits per heavy atom. The molecule has 0 bridgehead atoms. The van der Waals surface area contributed by atoms with E-state index in [1.807, 2.05) is 29.7 Å². The van der Waals surface area contributed by atoms with Crippen molar-refractivity contribution in [3.8, 4) is 0 Å². The smallest absolute Gasteiger partial charge is 0.337 e. The molecule has 90 valence electrons. The van der Waals surface area contributed by atoms with Crippen LogP contribution in [-0.4, -0.2) is 27.4 Å². The third kappa shape index (κ3) is 2.17. The molecule has 0 fully saturated rings. The first-order valence-corrected chi connectivity index (χ1v) is 5.57. The van der Waals surface area contributed by atoms with Crippen LogP contribution in [0.5, 0.6) is 0 Å². The highest BCUT2D eigenvalue weighted by Gasteiger charge is 2.13. The molecule has 2 rings (SSSR count). The number of aliphatic hydroxyl groups is 1.